The zero-order valence-electron chi connectivity index (χ0n) is 14.8. The summed E-state index contributed by atoms with van der Waals surface area (Å²) in [6, 6.07) is 13.6. The Morgan fingerprint density at radius 1 is 1.19 bits per heavy atom. The standard InChI is InChI=1S/C20H21N5O/c1-14(2)17-12-25(18-8-4-3-6-15(18)22-17)20(26)16-7-5-9-19(23-16)24-11-10-21-13-24/h3-11,13-14,17,22H,12H2,1-2H3/t17-/m1/s1. The first-order chi connectivity index (χ1) is 12.6. The molecule has 3 aromatic rings. The number of carbonyl (C=O) groups excluding carboxylic acids is 1. The first kappa shape index (κ1) is 16.3. The third-order valence-corrected chi connectivity index (χ3v) is 4.69. The Hall–Kier alpha value is -3.15. The fraction of sp³-hybridized carbons (Fsp3) is 0.250. The van der Waals surface area contributed by atoms with Gasteiger partial charge in [0.2, 0.25) is 0 Å². The van der Waals surface area contributed by atoms with Crippen LogP contribution in [-0.4, -0.2) is 33.0 Å². The lowest BCUT2D eigenvalue weighted by atomic mass is 9.99. The average molecular weight is 347 g/mol. The van der Waals surface area contributed by atoms with Gasteiger partial charge in [-0.05, 0) is 30.2 Å². The number of amides is 1. The van der Waals surface area contributed by atoms with Crippen molar-refractivity contribution in [1.82, 2.24) is 14.5 Å². The predicted octanol–water partition coefficient (Wildman–Crippen LogP) is 3.36. The van der Waals surface area contributed by atoms with Gasteiger partial charge in [-0.2, -0.15) is 0 Å². The van der Waals surface area contributed by atoms with E-state index in [2.05, 4.69) is 29.1 Å². The highest BCUT2D eigenvalue weighted by Crippen LogP contribution is 2.33. The van der Waals surface area contributed by atoms with Crippen LogP contribution in [0.25, 0.3) is 5.82 Å². The molecule has 6 nitrogen and oxygen atoms in total. The van der Waals surface area contributed by atoms with Gasteiger partial charge in [-0.3, -0.25) is 9.36 Å². The van der Waals surface area contributed by atoms with Crippen LogP contribution in [0, 0.1) is 5.92 Å². The van der Waals surface area contributed by atoms with Crippen molar-refractivity contribution in [3.63, 3.8) is 0 Å². The Morgan fingerprint density at radius 3 is 2.81 bits per heavy atom. The summed E-state index contributed by atoms with van der Waals surface area (Å²) in [5, 5.41) is 3.54. The van der Waals surface area contributed by atoms with Crippen molar-refractivity contribution in [2.45, 2.75) is 19.9 Å². The van der Waals surface area contributed by atoms with Crippen molar-refractivity contribution >= 4 is 17.3 Å². The summed E-state index contributed by atoms with van der Waals surface area (Å²) in [6.45, 7) is 4.93. The Morgan fingerprint density at radius 2 is 2.04 bits per heavy atom. The molecule has 1 N–H and O–H groups in total. The number of carbonyl (C=O) groups is 1. The molecule has 0 aliphatic carbocycles. The third kappa shape index (κ3) is 2.94. The molecule has 1 amide bonds. The number of hydrogen-bond acceptors (Lipinski definition) is 4. The van der Waals surface area contributed by atoms with Crippen molar-refractivity contribution in [2.75, 3.05) is 16.8 Å². The van der Waals surface area contributed by atoms with Crippen LogP contribution in [0.4, 0.5) is 11.4 Å². The highest BCUT2D eigenvalue weighted by molar-refractivity contribution is 6.07. The van der Waals surface area contributed by atoms with Gasteiger partial charge in [0.05, 0.1) is 11.4 Å². The molecule has 26 heavy (non-hydrogen) atoms. The third-order valence-electron chi connectivity index (χ3n) is 4.69. The second-order valence-electron chi connectivity index (χ2n) is 6.78. The van der Waals surface area contributed by atoms with E-state index in [4.69, 9.17) is 0 Å². The van der Waals surface area contributed by atoms with Crippen molar-refractivity contribution in [2.24, 2.45) is 5.92 Å². The summed E-state index contributed by atoms with van der Waals surface area (Å²) in [5.41, 5.74) is 2.30. The maximum absolute atomic E-state index is 13.3. The van der Waals surface area contributed by atoms with Gasteiger partial charge in [0.25, 0.3) is 5.91 Å². The van der Waals surface area contributed by atoms with E-state index in [1.54, 1.807) is 23.2 Å². The maximum Gasteiger partial charge on any atom is 0.277 e. The molecule has 4 rings (SSSR count). The monoisotopic (exact) mass is 347 g/mol. The lowest BCUT2D eigenvalue weighted by Crippen LogP contribution is -2.47. The van der Waals surface area contributed by atoms with E-state index in [-0.39, 0.29) is 11.9 Å². The highest BCUT2D eigenvalue weighted by atomic mass is 16.2. The number of nitrogens with zero attached hydrogens (tertiary/aromatic N) is 4. The van der Waals surface area contributed by atoms with Gasteiger partial charge >= 0.3 is 0 Å². The maximum atomic E-state index is 13.3. The van der Waals surface area contributed by atoms with Gasteiger partial charge in [-0.25, -0.2) is 9.97 Å². The molecule has 0 radical (unpaired) electrons. The van der Waals surface area contributed by atoms with Crippen LogP contribution in [-0.2, 0) is 0 Å². The first-order valence-electron chi connectivity index (χ1n) is 8.76. The molecule has 0 spiro atoms. The molecule has 1 aliphatic rings. The lowest BCUT2D eigenvalue weighted by molar-refractivity contribution is 0.0979. The number of hydrogen-bond donors (Lipinski definition) is 1. The van der Waals surface area contributed by atoms with Crippen LogP contribution in [0.5, 0.6) is 0 Å². The van der Waals surface area contributed by atoms with E-state index in [1.807, 2.05) is 47.5 Å². The second kappa shape index (κ2) is 6.63. The fourth-order valence-electron chi connectivity index (χ4n) is 3.16. The highest BCUT2D eigenvalue weighted by Gasteiger charge is 2.30. The largest absolute Gasteiger partial charge is 0.379 e. The van der Waals surface area contributed by atoms with E-state index in [0.717, 1.165) is 11.4 Å². The summed E-state index contributed by atoms with van der Waals surface area (Å²) >= 11 is 0. The van der Waals surface area contributed by atoms with E-state index in [1.165, 1.54) is 0 Å². The van der Waals surface area contributed by atoms with Crippen molar-refractivity contribution in [1.29, 1.82) is 0 Å². The molecule has 0 bridgehead atoms. The number of aromatic nitrogens is 3. The molecular formula is C20H21N5O. The number of benzene rings is 1. The Bertz CT molecular complexity index is 919. The van der Waals surface area contributed by atoms with Crippen LogP contribution in [0.15, 0.2) is 61.2 Å². The van der Waals surface area contributed by atoms with Gasteiger partial charge in [-0.1, -0.05) is 32.0 Å². The van der Waals surface area contributed by atoms with Crippen LogP contribution < -0.4 is 10.2 Å². The fourth-order valence-corrected chi connectivity index (χ4v) is 3.16. The number of rotatable bonds is 3. The van der Waals surface area contributed by atoms with Crippen molar-refractivity contribution < 1.29 is 4.79 Å². The Kier molecular flexibility index (Phi) is 4.16. The minimum absolute atomic E-state index is 0.0911. The summed E-state index contributed by atoms with van der Waals surface area (Å²) in [6.07, 6.45) is 5.17. The van der Waals surface area contributed by atoms with Gasteiger partial charge in [0.1, 0.15) is 17.8 Å². The number of anilines is 2. The van der Waals surface area contributed by atoms with E-state index < -0.39 is 0 Å². The van der Waals surface area contributed by atoms with Gasteiger partial charge in [-0.15, -0.1) is 0 Å². The van der Waals surface area contributed by atoms with Gasteiger partial charge in [0.15, 0.2) is 0 Å². The van der Waals surface area contributed by atoms with Crippen LogP contribution >= 0.6 is 0 Å². The number of pyridine rings is 1. The summed E-state index contributed by atoms with van der Waals surface area (Å²) in [7, 11) is 0. The number of imidazole rings is 1. The minimum Gasteiger partial charge on any atom is -0.379 e. The normalized spacial score (nSPS) is 16.3. The topological polar surface area (TPSA) is 63.1 Å². The minimum atomic E-state index is -0.0911. The second-order valence-corrected chi connectivity index (χ2v) is 6.78. The molecule has 1 aromatic carbocycles. The number of fused-ring (bicyclic) bond motifs is 1. The zero-order valence-corrected chi connectivity index (χ0v) is 14.8. The zero-order chi connectivity index (χ0) is 18.1. The molecule has 0 unspecified atom stereocenters. The molecule has 0 fully saturated rings. The smallest absolute Gasteiger partial charge is 0.277 e. The Labute approximate surface area is 152 Å². The molecule has 6 heteroatoms. The van der Waals surface area contributed by atoms with Crippen molar-refractivity contribution in [3.8, 4) is 5.82 Å². The quantitative estimate of drug-likeness (QED) is 0.789. The van der Waals surface area contributed by atoms with Crippen LogP contribution in [0.1, 0.15) is 24.3 Å². The summed E-state index contributed by atoms with van der Waals surface area (Å²) < 4.78 is 1.79. The SMILES string of the molecule is CC(C)[C@H]1CN(C(=O)c2cccc(-n3ccnc3)n2)c2ccccc2N1. The molecule has 1 atom stereocenters. The predicted molar refractivity (Wildman–Crippen MR) is 102 cm³/mol. The molecule has 3 heterocycles. The molecule has 1 aliphatic heterocycles. The molecule has 0 saturated heterocycles. The molecular weight excluding hydrogens is 326 g/mol. The van der Waals surface area contributed by atoms with E-state index in [0.29, 0.717) is 24.0 Å². The number of nitrogens with one attached hydrogen (secondary N) is 1. The Balaban J connectivity index is 1.70. The molecule has 132 valence electrons. The summed E-state index contributed by atoms with van der Waals surface area (Å²) in [4.78, 5) is 23.7. The van der Waals surface area contributed by atoms with Crippen LogP contribution in [0.3, 0.4) is 0 Å². The number of para-hydroxylation sites is 2. The van der Waals surface area contributed by atoms with Gasteiger partial charge in [0, 0.05) is 25.0 Å². The van der Waals surface area contributed by atoms with E-state index >= 15 is 0 Å². The first-order valence-corrected chi connectivity index (χ1v) is 8.76. The summed E-state index contributed by atoms with van der Waals surface area (Å²) in [5.74, 6) is 0.993. The van der Waals surface area contributed by atoms with Gasteiger partial charge < -0.3 is 10.2 Å². The average Bonchev–Trinajstić information content (AvgIpc) is 3.21. The lowest BCUT2D eigenvalue weighted by Gasteiger charge is -2.37. The van der Waals surface area contributed by atoms with E-state index in [9.17, 15) is 4.79 Å². The van der Waals surface area contributed by atoms with Crippen LogP contribution in [0.2, 0.25) is 0 Å². The molecule has 2 aromatic heterocycles. The van der Waals surface area contributed by atoms with Crippen molar-refractivity contribution in [3.05, 3.63) is 66.9 Å². The molecule has 0 saturated carbocycles.